The molecule has 14 heavy (non-hydrogen) atoms. The summed E-state index contributed by atoms with van der Waals surface area (Å²) in [6.45, 7) is 2.13. The zero-order chi connectivity index (χ0) is 10.2. The minimum atomic E-state index is 0.0979. The first-order valence-electron chi connectivity index (χ1n) is 4.59. The molecule has 0 saturated heterocycles. The first-order valence-corrected chi connectivity index (χ1v) is 7.28. The fourth-order valence-electron chi connectivity index (χ4n) is 0.952. The molecule has 0 aliphatic heterocycles. The van der Waals surface area contributed by atoms with Gasteiger partial charge < -0.3 is 4.51 Å². The quantitative estimate of drug-likeness (QED) is 0.791. The Morgan fingerprint density at radius 2 is 2.50 bits per heavy atom. The maximum atomic E-state index is 11.4. The number of nitrogens with zero attached hydrogens (tertiary/aromatic N) is 2. The van der Waals surface area contributed by atoms with E-state index < -0.39 is 0 Å². The standard InChI is InChI=1S/C6H15N4OP3/c1-2-3-4-5-6(11)7-10-13-8-12-9-14-10/h8,12-13H,2-5H2,1H3,(H,7,11). The zero-order valence-electron chi connectivity index (χ0n) is 8.08. The predicted molar refractivity (Wildman–Crippen MR) is 64.2 cm³/mol. The molecule has 1 aromatic rings. The third-order valence-electron chi connectivity index (χ3n) is 1.64. The highest BCUT2D eigenvalue weighted by Crippen LogP contribution is 2.09. The molecule has 0 aliphatic carbocycles. The minimum absolute atomic E-state index is 0.0979. The highest BCUT2D eigenvalue weighted by Gasteiger charge is 1.99. The lowest BCUT2D eigenvalue weighted by atomic mass is 10.2. The van der Waals surface area contributed by atoms with Crippen molar-refractivity contribution in [1.29, 1.82) is 0 Å². The molecule has 0 saturated carbocycles. The molecule has 2 atom stereocenters. The summed E-state index contributed by atoms with van der Waals surface area (Å²) in [7, 11) is 1.77. The molecule has 80 valence electrons. The Bertz CT molecular complexity index is 284. The largest absolute Gasteiger partial charge is 0.311 e. The van der Waals surface area contributed by atoms with Crippen LogP contribution in [0.5, 0.6) is 0 Å². The summed E-state index contributed by atoms with van der Waals surface area (Å²) in [4.78, 5) is 11.4. The Morgan fingerprint density at radius 1 is 1.64 bits per heavy atom. The van der Waals surface area contributed by atoms with Crippen LogP contribution in [0.2, 0.25) is 0 Å². The molecule has 0 aliphatic rings. The van der Waals surface area contributed by atoms with Crippen LogP contribution in [0, 0.1) is 0 Å². The number of nitrogens with one attached hydrogen (secondary N) is 2. The van der Waals surface area contributed by atoms with E-state index in [1.807, 2.05) is 0 Å². The summed E-state index contributed by atoms with van der Waals surface area (Å²) in [6, 6.07) is 0. The average molecular weight is 252 g/mol. The Kier molecular flexibility index (Phi) is 6.02. The molecule has 0 bridgehead atoms. The van der Waals surface area contributed by atoms with Crippen molar-refractivity contribution in [2.45, 2.75) is 32.6 Å². The number of carbonyl (C=O) groups is 1. The molecular weight excluding hydrogens is 237 g/mol. The molecule has 0 spiro atoms. The number of amides is 1. The van der Waals surface area contributed by atoms with Gasteiger partial charge in [0, 0.05) is 23.4 Å². The van der Waals surface area contributed by atoms with Crippen LogP contribution >= 0.6 is 25.5 Å². The summed E-state index contributed by atoms with van der Waals surface area (Å²) >= 11 is 0. The monoisotopic (exact) mass is 252 g/mol. The highest BCUT2D eigenvalue weighted by molar-refractivity contribution is 7.44. The Labute approximate surface area is 88.0 Å². The Morgan fingerprint density at radius 3 is 3.14 bits per heavy atom. The topological polar surface area (TPSA) is 62.7 Å². The number of rotatable bonds is 5. The van der Waals surface area contributed by atoms with Gasteiger partial charge in [0.2, 0.25) is 5.91 Å². The van der Waals surface area contributed by atoms with Crippen molar-refractivity contribution in [3.63, 3.8) is 0 Å². The van der Waals surface area contributed by atoms with Crippen molar-refractivity contribution >= 4 is 31.4 Å². The average Bonchev–Trinajstić information content (AvgIpc) is 2.20. The van der Waals surface area contributed by atoms with Gasteiger partial charge in [0.1, 0.15) is 0 Å². The molecule has 1 rings (SSSR count). The van der Waals surface area contributed by atoms with Crippen LogP contribution in [0.25, 0.3) is 0 Å². The minimum Gasteiger partial charge on any atom is -0.311 e. The number of aromatic amines is 1. The number of unbranched alkanes of at least 4 members (excludes halogenated alkanes) is 2. The summed E-state index contributed by atoms with van der Waals surface area (Å²) in [6.07, 6.45) is 3.86. The number of H-pyrrole nitrogens is 1. The Hall–Kier alpha value is -0.230. The van der Waals surface area contributed by atoms with Crippen molar-refractivity contribution in [3.8, 4) is 0 Å². The van der Waals surface area contributed by atoms with Gasteiger partial charge in [-0.25, -0.2) is 0 Å². The molecule has 0 aromatic carbocycles. The van der Waals surface area contributed by atoms with Crippen LogP contribution in [0.15, 0.2) is 0 Å². The van der Waals surface area contributed by atoms with Crippen molar-refractivity contribution in [2.24, 2.45) is 0 Å². The van der Waals surface area contributed by atoms with Gasteiger partial charge in [0.25, 0.3) is 0 Å². The predicted octanol–water partition coefficient (Wildman–Crippen LogP) is 2.63. The zero-order valence-corrected chi connectivity index (χ0v) is 11.0. The third-order valence-corrected chi connectivity index (χ3v) is 4.46. The van der Waals surface area contributed by atoms with Gasteiger partial charge >= 0.3 is 0 Å². The van der Waals surface area contributed by atoms with Crippen molar-refractivity contribution in [1.82, 2.24) is 13.2 Å². The first kappa shape index (κ1) is 11.8. The van der Waals surface area contributed by atoms with Gasteiger partial charge in [-0.15, -0.1) is 0 Å². The molecule has 1 amide bonds. The van der Waals surface area contributed by atoms with Gasteiger partial charge in [0.05, 0.1) is 0 Å². The van der Waals surface area contributed by atoms with Crippen LogP contribution < -0.4 is 5.43 Å². The third kappa shape index (κ3) is 4.85. The van der Waals surface area contributed by atoms with Crippen molar-refractivity contribution in [2.75, 3.05) is 5.43 Å². The van der Waals surface area contributed by atoms with Crippen LogP contribution in [-0.4, -0.2) is 19.1 Å². The van der Waals surface area contributed by atoms with E-state index in [-0.39, 0.29) is 5.91 Å². The molecule has 8 heteroatoms. The summed E-state index contributed by atoms with van der Waals surface area (Å²) in [5.41, 5.74) is 2.82. The molecule has 1 heterocycles. The second-order valence-corrected chi connectivity index (χ2v) is 6.49. The van der Waals surface area contributed by atoms with Crippen LogP contribution in [0.1, 0.15) is 32.6 Å². The normalized spacial score (nSPS) is 11.5. The van der Waals surface area contributed by atoms with Crippen molar-refractivity contribution < 1.29 is 4.79 Å². The van der Waals surface area contributed by atoms with E-state index in [2.05, 4.69) is 21.4 Å². The number of aromatic nitrogens is 3. The second kappa shape index (κ2) is 7.11. The number of hydrogen-bond donors (Lipinski definition) is 2. The van der Waals surface area contributed by atoms with E-state index in [1.165, 1.54) is 0 Å². The number of hydrogen-bond acceptors (Lipinski definition) is 2. The van der Waals surface area contributed by atoms with Gasteiger partial charge in [0.15, 0.2) is 8.51 Å². The van der Waals surface area contributed by atoms with Gasteiger partial charge in [-0.1, -0.05) is 19.8 Å². The molecule has 5 nitrogen and oxygen atoms in total. The van der Waals surface area contributed by atoms with Crippen LogP contribution in [0.3, 0.4) is 0 Å². The Balaban J connectivity index is 2.27. The summed E-state index contributed by atoms with van der Waals surface area (Å²) in [5.74, 6) is 0.0979. The number of carbonyl (C=O) groups excluding carboxylic acids is 1. The SMILES string of the molecule is CCCCCC(=O)Nn1pn[pH][nH][pH]1. The maximum absolute atomic E-state index is 11.4. The van der Waals surface area contributed by atoms with E-state index in [9.17, 15) is 4.79 Å². The van der Waals surface area contributed by atoms with E-state index in [0.717, 1.165) is 27.8 Å². The molecule has 0 fully saturated rings. The van der Waals surface area contributed by atoms with Gasteiger partial charge in [-0.2, -0.15) is 8.71 Å². The fourth-order valence-corrected chi connectivity index (χ4v) is 4.13. The molecule has 1 aromatic heterocycles. The van der Waals surface area contributed by atoms with Crippen molar-refractivity contribution in [3.05, 3.63) is 0 Å². The van der Waals surface area contributed by atoms with E-state index in [1.54, 1.807) is 4.20 Å². The molecule has 2 N–H and O–H groups in total. The molecular formula is C6H15N4OP3. The molecule has 0 radical (unpaired) electrons. The first-order chi connectivity index (χ1) is 6.83. The lowest BCUT2D eigenvalue weighted by molar-refractivity contribution is -0.117. The van der Waals surface area contributed by atoms with E-state index in [4.69, 9.17) is 0 Å². The van der Waals surface area contributed by atoms with Crippen LogP contribution in [-0.2, 0) is 4.79 Å². The lowest BCUT2D eigenvalue weighted by Crippen LogP contribution is -2.18. The van der Waals surface area contributed by atoms with Gasteiger partial charge in [-0.05, 0) is 6.42 Å². The van der Waals surface area contributed by atoms with E-state index in [0.29, 0.717) is 23.4 Å². The summed E-state index contributed by atoms with van der Waals surface area (Å²) in [5, 5.41) is 0. The van der Waals surface area contributed by atoms with Crippen LogP contribution in [0.4, 0.5) is 0 Å². The fraction of sp³-hybridized carbons (Fsp3) is 0.833. The van der Waals surface area contributed by atoms with E-state index >= 15 is 0 Å². The summed E-state index contributed by atoms with van der Waals surface area (Å²) < 4.78 is 9.01. The van der Waals surface area contributed by atoms with Gasteiger partial charge in [-0.3, -0.25) is 10.2 Å². The smallest absolute Gasteiger partial charge is 0.239 e. The maximum Gasteiger partial charge on any atom is 0.239 e. The molecule has 2 unspecified atom stereocenters. The second-order valence-electron chi connectivity index (χ2n) is 2.84. The highest BCUT2D eigenvalue weighted by atomic mass is 31.1. The lowest BCUT2D eigenvalue weighted by Gasteiger charge is -2.05.